The van der Waals surface area contributed by atoms with Crippen molar-refractivity contribution in [3.8, 4) is 0 Å². The van der Waals surface area contributed by atoms with Crippen LogP contribution in [0.2, 0.25) is 0 Å². The number of nitrogens with zero attached hydrogens (tertiary/aromatic N) is 2. The van der Waals surface area contributed by atoms with Gasteiger partial charge in [0.15, 0.2) is 0 Å². The summed E-state index contributed by atoms with van der Waals surface area (Å²) in [6.07, 6.45) is 0. The second kappa shape index (κ2) is 9.21. The van der Waals surface area contributed by atoms with E-state index in [1.54, 1.807) is 25.7 Å². The zero-order valence-electron chi connectivity index (χ0n) is 13.0. The van der Waals surface area contributed by atoms with Gasteiger partial charge in [0.2, 0.25) is 5.91 Å². The van der Waals surface area contributed by atoms with Gasteiger partial charge in [-0.1, -0.05) is 6.07 Å². The van der Waals surface area contributed by atoms with Gasteiger partial charge in [-0.25, -0.2) is 8.42 Å². The van der Waals surface area contributed by atoms with E-state index in [2.05, 4.69) is 0 Å². The normalized spacial score (nSPS) is 11.8. The van der Waals surface area contributed by atoms with Crippen molar-refractivity contribution in [3.05, 3.63) is 17.5 Å². The molecule has 1 rings (SSSR count). The molecule has 0 fully saturated rings. The Morgan fingerprint density at radius 2 is 1.82 bits per heavy atom. The van der Waals surface area contributed by atoms with Gasteiger partial charge in [-0.2, -0.15) is 4.31 Å². The Kier molecular flexibility index (Phi) is 7.97. The van der Waals surface area contributed by atoms with E-state index in [1.165, 1.54) is 18.0 Å². The fourth-order valence-electron chi connectivity index (χ4n) is 1.70. The van der Waals surface area contributed by atoms with Gasteiger partial charge in [0.05, 0.1) is 19.8 Å². The largest absolute Gasteiger partial charge is 0.383 e. The van der Waals surface area contributed by atoms with E-state index in [0.29, 0.717) is 26.3 Å². The maximum Gasteiger partial charge on any atom is 0.252 e. The van der Waals surface area contributed by atoms with Gasteiger partial charge in [0.25, 0.3) is 10.0 Å². The molecule has 1 aromatic rings. The quantitative estimate of drug-likeness (QED) is 0.614. The molecule has 7 nitrogen and oxygen atoms in total. The number of carbonyl (C=O) groups is 1. The minimum Gasteiger partial charge on any atom is -0.383 e. The molecule has 126 valence electrons. The number of carbonyl (C=O) groups excluding carboxylic acids is 1. The van der Waals surface area contributed by atoms with Gasteiger partial charge < -0.3 is 14.4 Å². The lowest BCUT2D eigenvalue weighted by Crippen LogP contribution is -2.43. The Hall–Kier alpha value is -1.00. The lowest BCUT2D eigenvalue weighted by molar-refractivity contribution is -0.132. The third-order valence-electron chi connectivity index (χ3n) is 3.00. The Bertz CT molecular complexity index is 537. The summed E-state index contributed by atoms with van der Waals surface area (Å²) >= 11 is 1.13. The number of methoxy groups -OCH3 is 2. The maximum atomic E-state index is 12.3. The number of sulfonamides is 1. The highest BCUT2D eigenvalue weighted by Crippen LogP contribution is 2.19. The summed E-state index contributed by atoms with van der Waals surface area (Å²) in [5, 5.41) is 1.69. The molecule has 22 heavy (non-hydrogen) atoms. The van der Waals surface area contributed by atoms with Crippen LogP contribution in [0.25, 0.3) is 0 Å². The van der Waals surface area contributed by atoms with Crippen LogP contribution < -0.4 is 0 Å². The molecular formula is C13H22N2O5S2. The Labute approximate surface area is 135 Å². The van der Waals surface area contributed by atoms with Gasteiger partial charge in [0.1, 0.15) is 4.21 Å². The summed E-state index contributed by atoms with van der Waals surface area (Å²) in [5.74, 6) is -0.281. The molecule has 0 unspecified atom stereocenters. The van der Waals surface area contributed by atoms with E-state index >= 15 is 0 Å². The van der Waals surface area contributed by atoms with Gasteiger partial charge in [-0.05, 0) is 11.4 Å². The molecule has 0 aliphatic heterocycles. The number of likely N-dealkylation sites (N-methyl/N-ethyl adjacent to an activating group) is 1. The first-order chi connectivity index (χ1) is 10.4. The van der Waals surface area contributed by atoms with E-state index in [9.17, 15) is 13.2 Å². The Morgan fingerprint density at radius 1 is 1.23 bits per heavy atom. The first kappa shape index (κ1) is 19.0. The van der Waals surface area contributed by atoms with Crippen LogP contribution in [-0.4, -0.2) is 77.6 Å². The predicted octanol–water partition coefficient (Wildman–Crippen LogP) is 0.490. The van der Waals surface area contributed by atoms with Gasteiger partial charge in [-0.3, -0.25) is 4.79 Å². The molecule has 0 aromatic carbocycles. The van der Waals surface area contributed by atoms with Crippen molar-refractivity contribution >= 4 is 27.3 Å². The molecule has 0 saturated carbocycles. The fraction of sp³-hybridized carbons (Fsp3) is 0.615. The highest BCUT2D eigenvalue weighted by molar-refractivity contribution is 7.91. The van der Waals surface area contributed by atoms with Crippen molar-refractivity contribution in [1.29, 1.82) is 0 Å². The molecule has 0 atom stereocenters. The van der Waals surface area contributed by atoms with Crippen LogP contribution in [0.1, 0.15) is 0 Å². The second-order valence-electron chi connectivity index (χ2n) is 4.56. The fourth-order valence-corrected chi connectivity index (χ4v) is 4.02. The molecule has 0 aliphatic rings. The molecule has 0 aliphatic carbocycles. The highest BCUT2D eigenvalue weighted by Gasteiger charge is 2.25. The van der Waals surface area contributed by atoms with Crippen LogP contribution in [0, 0.1) is 0 Å². The second-order valence-corrected chi connectivity index (χ2v) is 7.78. The Balaban J connectivity index is 2.71. The summed E-state index contributed by atoms with van der Waals surface area (Å²) in [6, 6.07) is 3.19. The van der Waals surface area contributed by atoms with Crippen molar-refractivity contribution in [2.24, 2.45) is 0 Å². The molecular weight excluding hydrogens is 328 g/mol. The van der Waals surface area contributed by atoms with Gasteiger partial charge in [0, 0.05) is 34.4 Å². The van der Waals surface area contributed by atoms with Crippen molar-refractivity contribution < 1.29 is 22.7 Å². The monoisotopic (exact) mass is 350 g/mol. The average Bonchev–Trinajstić information content (AvgIpc) is 3.02. The van der Waals surface area contributed by atoms with E-state index in [0.717, 1.165) is 15.6 Å². The summed E-state index contributed by atoms with van der Waals surface area (Å²) in [6.45, 7) is 1.35. The number of hydrogen-bond donors (Lipinski definition) is 0. The van der Waals surface area contributed by atoms with Gasteiger partial charge >= 0.3 is 0 Å². The van der Waals surface area contributed by atoms with E-state index in [-0.39, 0.29) is 16.7 Å². The number of amides is 1. The average molecular weight is 350 g/mol. The van der Waals surface area contributed by atoms with Crippen molar-refractivity contribution in [1.82, 2.24) is 9.21 Å². The minimum absolute atomic E-state index is 0.215. The van der Waals surface area contributed by atoms with Crippen LogP contribution in [-0.2, 0) is 24.3 Å². The van der Waals surface area contributed by atoms with Crippen molar-refractivity contribution in [2.75, 3.05) is 54.1 Å². The Morgan fingerprint density at radius 3 is 2.27 bits per heavy atom. The molecule has 0 radical (unpaired) electrons. The summed E-state index contributed by atoms with van der Waals surface area (Å²) < 4.78 is 35.8. The van der Waals surface area contributed by atoms with Crippen LogP contribution in [0.3, 0.4) is 0 Å². The van der Waals surface area contributed by atoms with Crippen LogP contribution in [0.15, 0.2) is 21.7 Å². The molecule has 1 aromatic heterocycles. The van der Waals surface area contributed by atoms with E-state index in [1.807, 2.05) is 0 Å². The summed E-state index contributed by atoms with van der Waals surface area (Å²) in [4.78, 5) is 13.8. The molecule has 1 heterocycles. The predicted molar refractivity (Wildman–Crippen MR) is 84.5 cm³/mol. The summed E-state index contributed by atoms with van der Waals surface area (Å²) in [7, 11) is 0.873. The van der Waals surface area contributed by atoms with E-state index in [4.69, 9.17) is 9.47 Å². The van der Waals surface area contributed by atoms with Crippen LogP contribution in [0.4, 0.5) is 0 Å². The van der Waals surface area contributed by atoms with Crippen molar-refractivity contribution in [2.45, 2.75) is 4.21 Å². The first-order valence-corrected chi connectivity index (χ1v) is 9.01. The third-order valence-corrected chi connectivity index (χ3v) is 6.18. The number of rotatable bonds is 10. The maximum absolute atomic E-state index is 12.3. The molecule has 9 heteroatoms. The first-order valence-electron chi connectivity index (χ1n) is 6.69. The van der Waals surface area contributed by atoms with Gasteiger partial charge in [-0.15, -0.1) is 11.3 Å². The number of hydrogen-bond acceptors (Lipinski definition) is 6. The third kappa shape index (κ3) is 5.33. The zero-order valence-corrected chi connectivity index (χ0v) is 14.7. The smallest absolute Gasteiger partial charge is 0.252 e. The lowest BCUT2D eigenvalue weighted by Gasteiger charge is -2.24. The van der Waals surface area contributed by atoms with E-state index < -0.39 is 10.0 Å². The molecule has 0 spiro atoms. The number of thiophene rings is 1. The topological polar surface area (TPSA) is 76.2 Å². The summed E-state index contributed by atoms with van der Waals surface area (Å²) in [5.41, 5.74) is 0. The number of ether oxygens (including phenoxy) is 2. The van der Waals surface area contributed by atoms with Crippen molar-refractivity contribution in [3.63, 3.8) is 0 Å². The lowest BCUT2D eigenvalue weighted by atomic mass is 10.4. The van der Waals surface area contributed by atoms with Crippen LogP contribution in [0.5, 0.6) is 0 Å². The molecule has 1 amide bonds. The highest BCUT2D eigenvalue weighted by atomic mass is 32.2. The molecule has 0 N–H and O–H groups in total. The minimum atomic E-state index is -3.62. The SMILES string of the molecule is COCCN(CCOC)C(=O)CN(C)S(=O)(=O)c1cccs1. The zero-order chi connectivity index (χ0) is 16.6. The molecule has 0 saturated heterocycles. The molecule has 0 bridgehead atoms. The van der Waals surface area contributed by atoms with Crippen LogP contribution >= 0.6 is 11.3 Å². The standard InChI is InChI=1S/C13H22N2O5S2/c1-14(22(17,18)13-5-4-10-21-13)11-12(16)15(6-8-19-2)7-9-20-3/h4-5,10H,6-9,11H2,1-3H3.